The van der Waals surface area contributed by atoms with Gasteiger partial charge in [-0.2, -0.15) is 0 Å². The summed E-state index contributed by atoms with van der Waals surface area (Å²) in [6.07, 6.45) is 3.45. The molecule has 3 aromatic rings. The molecule has 0 amide bonds. The monoisotopic (exact) mass is 340 g/mol. The fourth-order valence-corrected chi connectivity index (χ4v) is 3.64. The van der Waals surface area contributed by atoms with Crippen molar-refractivity contribution in [2.24, 2.45) is 0 Å². The van der Waals surface area contributed by atoms with Crippen LogP contribution in [0.1, 0.15) is 22.9 Å². The van der Waals surface area contributed by atoms with Crippen LogP contribution in [0, 0.1) is 5.82 Å². The average molecular weight is 340 g/mol. The summed E-state index contributed by atoms with van der Waals surface area (Å²) in [5.74, 6) is -0.687. The highest BCUT2D eigenvalue weighted by molar-refractivity contribution is 7.19. The molecule has 0 spiro atoms. The van der Waals surface area contributed by atoms with Gasteiger partial charge in [0.1, 0.15) is 5.82 Å². The molecule has 0 aliphatic carbocycles. The van der Waals surface area contributed by atoms with Crippen molar-refractivity contribution in [2.75, 3.05) is 6.61 Å². The number of fused-ring (bicyclic) bond motifs is 1. The molecule has 0 saturated heterocycles. The molecule has 1 heterocycles. The molecule has 0 N–H and O–H groups in total. The number of carbonyl (C=O) groups is 1. The molecule has 2 nitrogen and oxygen atoms in total. The number of rotatable bonds is 5. The Balaban J connectivity index is 1.90. The number of thiophene rings is 1. The number of hydrogen-bond acceptors (Lipinski definition) is 3. The number of carbonyl (C=O) groups excluding carboxylic acids is 1. The van der Waals surface area contributed by atoms with Crippen molar-refractivity contribution in [1.82, 2.24) is 0 Å². The van der Waals surface area contributed by atoms with Gasteiger partial charge in [0.2, 0.25) is 0 Å². The molecule has 0 bridgehead atoms. The van der Waals surface area contributed by atoms with Crippen molar-refractivity contribution in [3.8, 4) is 0 Å². The van der Waals surface area contributed by atoms with E-state index in [2.05, 4.69) is 18.2 Å². The predicted octanol–water partition coefficient (Wildman–Crippen LogP) is 5.21. The summed E-state index contributed by atoms with van der Waals surface area (Å²) in [5.41, 5.74) is 1.28. The lowest BCUT2D eigenvalue weighted by atomic mass is 10.0. The van der Waals surface area contributed by atoms with Crippen LogP contribution in [-0.4, -0.2) is 12.6 Å². The summed E-state index contributed by atoms with van der Waals surface area (Å²) in [5, 5.41) is 1.16. The lowest BCUT2D eigenvalue weighted by Gasteiger charge is -2.06. The van der Waals surface area contributed by atoms with Gasteiger partial charge in [0.25, 0.3) is 0 Å². The maximum Gasteiger partial charge on any atom is 0.330 e. The van der Waals surface area contributed by atoms with E-state index in [1.165, 1.54) is 16.8 Å². The molecule has 24 heavy (non-hydrogen) atoms. The molecule has 4 heteroatoms. The van der Waals surface area contributed by atoms with Crippen LogP contribution in [0.2, 0.25) is 0 Å². The molecule has 122 valence electrons. The van der Waals surface area contributed by atoms with Gasteiger partial charge in [0.05, 0.1) is 6.61 Å². The van der Waals surface area contributed by atoms with E-state index < -0.39 is 5.97 Å². The Hall–Kier alpha value is -2.46. The fraction of sp³-hybridized carbons (Fsp3) is 0.150. The molecule has 2 aromatic carbocycles. The van der Waals surface area contributed by atoms with Gasteiger partial charge >= 0.3 is 5.97 Å². The van der Waals surface area contributed by atoms with E-state index in [9.17, 15) is 9.18 Å². The Labute approximate surface area is 144 Å². The zero-order valence-corrected chi connectivity index (χ0v) is 14.1. The molecular formula is C20H17FO2S. The molecule has 0 atom stereocenters. The highest BCUT2D eigenvalue weighted by atomic mass is 32.1. The maximum atomic E-state index is 14.3. The Morgan fingerprint density at radius 1 is 1.21 bits per heavy atom. The summed E-state index contributed by atoms with van der Waals surface area (Å²) < 4.78 is 20.4. The van der Waals surface area contributed by atoms with Crippen molar-refractivity contribution in [2.45, 2.75) is 13.3 Å². The van der Waals surface area contributed by atoms with Gasteiger partial charge in [0.15, 0.2) is 0 Å². The molecule has 3 rings (SSSR count). The Morgan fingerprint density at radius 2 is 2.04 bits per heavy atom. The third-order valence-corrected chi connectivity index (χ3v) is 4.78. The minimum Gasteiger partial charge on any atom is -0.463 e. The second-order valence-corrected chi connectivity index (χ2v) is 6.49. The first-order valence-electron chi connectivity index (χ1n) is 7.77. The van der Waals surface area contributed by atoms with E-state index in [0.29, 0.717) is 24.2 Å². The molecule has 0 fully saturated rings. The number of hydrogen-bond donors (Lipinski definition) is 0. The van der Waals surface area contributed by atoms with E-state index >= 15 is 0 Å². The summed E-state index contributed by atoms with van der Waals surface area (Å²) in [6, 6.07) is 15.1. The number of ether oxygens (including phenoxy) is 1. The van der Waals surface area contributed by atoms with Crippen molar-refractivity contribution in [3.63, 3.8) is 0 Å². The first kappa shape index (κ1) is 16.4. The van der Waals surface area contributed by atoms with Gasteiger partial charge in [-0.3, -0.25) is 0 Å². The molecule has 0 saturated carbocycles. The van der Waals surface area contributed by atoms with Crippen LogP contribution in [0.25, 0.3) is 16.2 Å². The summed E-state index contributed by atoms with van der Waals surface area (Å²) >= 11 is 1.66. The van der Waals surface area contributed by atoms with Crippen LogP contribution in [0.5, 0.6) is 0 Å². The number of esters is 1. The molecular weight excluding hydrogens is 323 g/mol. The second-order valence-electron chi connectivity index (χ2n) is 5.32. The fourth-order valence-electron chi connectivity index (χ4n) is 2.56. The minimum absolute atomic E-state index is 0.265. The minimum atomic E-state index is -0.422. The Bertz CT molecular complexity index is 863. The third kappa shape index (κ3) is 3.71. The Morgan fingerprint density at radius 3 is 2.83 bits per heavy atom. The van der Waals surface area contributed by atoms with Crippen LogP contribution in [-0.2, 0) is 16.0 Å². The predicted molar refractivity (Wildman–Crippen MR) is 96.7 cm³/mol. The summed E-state index contributed by atoms with van der Waals surface area (Å²) in [6.45, 7) is 2.07. The Kier molecular flexibility index (Phi) is 5.06. The van der Waals surface area contributed by atoms with Gasteiger partial charge < -0.3 is 4.74 Å². The average Bonchev–Trinajstić information content (AvgIpc) is 2.98. The first-order valence-corrected chi connectivity index (χ1v) is 8.58. The molecule has 1 aromatic heterocycles. The lowest BCUT2D eigenvalue weighted by Crippen LogP contribution is -2.00. The molecule has 0 aliphatic heterocycles. The van der Waals surface area contributed by atoms with Crippen LogP contribution < -0.4 is 0 Å². The van der Waals surface area contributed by atoms with Gasteiger partial charge in [-0.15, -0.1) is 11.3 Å². The standard InChI is InChI=1S/C20H17FO2S/c1-2-23-20(22)11-10-14-7-5-8-18(21)17(14)13-16-12-15-6-3-4-9-19(15)24-16/h3-12H,2,13H2,1H3/b11-10+. The van der Waals surface area contributed by atoms with Gasteiger partial charge in [0, 0.05) is 27.6 Å². The van der Waals surface area contributed by atoms with Crippen molar-refractivity contribution < 1.29 is 13.9 Å². The normalized spacial score (nSPS) is 11.2. The van der Waals surface area contributed by atoms with E-state index in [-0.39, 0.29) is 5.82 Å². The van der Waals surface area contributed by atoms with Crippen LogP contribution in [0.15, 0.2) is 54.6 Å². The second kappa shape index (κ2) is 7.41. The SMILES string of the molecule is CCOC(=O)/C=C/c1cccc(F)c1Cc1cc2ccccc2s1. The maximum absolute atomic E-state index is 14.3. The third-order valence-electron chi connectivity index (χ3n) is 3.67. The summed E-state index contributed by atoms with van der Waals surface area (Å²) in [4.78, 5) is 12.6. The smallest absolute Gasteiger partial charge is 0.330 e. The highest BCUT2D eigenvalue weighted by Crippen LogP contribution is 2.29. The molecule has 0 unspecified atom stereocenters. The van der Waals surface area contributed by atoms with Crippen molar-refractivity contribution in [3.05, 3.63) is 76.4 Å². The van der Waals surface area contributed by atoms with E-state index in [1.54, 1.807) is 30.4 Å². The highest BCUT2D eigenvalue weighted by Gasteiger charge is 2.10. The lowest BCUT2D eigenvalue weighted by molar-refractivity contribution is -0.137. The first-order chi connectivity index (χ1) is 11.7. The number of halogens is 1. The van der Waals surface area contributed by atoms with E-state index in [4.69, 9.17) is 4.74 Å². The van der Waals surface area contributed by atoms with Crippen molar-refractivity contribution >= 4 is 33.5 Å². The number of benzene rings is 2. The van der Waals surface area contributed by atoms with Gasteiger partial charge in [-0.25, -0.2) is 9.18 Å². The molecule has 0 radical (unpaired) electrons. The van der Waals surface area contributed by atoms with Crippen LogP contribution in [0.3, 0.4) is 0 Å². The quantitative estimate of drug-likeness (QED) is 0.471. The summed E-state index contributed by atoms with van der Waals surface area (Å²) in [7, 11) is 0. The zero-order valence-electron chi connectivity index (χ0n) is 13.3. The van der Waals surface area contributed by atoms with E-state index in [1.807, 2.05) is 18.2 Å². The van der Waals surface area contributed by atoms with Crippen LogP contribution in [0.4, 0.5) is 4.39 Å². The van der Waals surface area contributed by atoms with Gasteiger partial charge in [-0.1, -0.05) is 30.3 Å². The van der Waals surface area contributed by atoms with Gasteiger partial charge in [-0.05, 0) is 42.1 Å². The van der Waals surface area contributed by atoms with Crippen molar-refractivity contribution in [1.29, 1.82) is 0 Å². The topological polar surface area (TPSA) is 26.3 Å². The van der Waals surface area contributed by atoms with E-state index in [0.717, 1.165) is 10.3 Å². The largest absolute Gasteiger partial charge is 0.463 e. The molecule has 0 aliphatic rings. The zero-order chi connectivity index (χ0) is 16.9. The van der Waals surface area contributed by atoms with Crippen LogP contribution >= 0.6 is 11.3 Å².